The number of hydrogen-bond acceptors (Lipinski definition) is 3. The first kappa shape index (κ1) is 13.3. The average Bonchev–Trinajstić information content (AvgIpc) is 2.74. The van der Waals surface area contributed by atoms with Gasteiger partial charge in [0.05, 0.1) is 13.8 Å². The molecular weight excluding hydrogens is 252 g/mol. The van der Waals surface area contributed by atoms with Gasteiger partial charge in [-0.3, -0.25) is 4.79 Å². The van der Waals surface area contributed by atoms with Gasteiger partial charge in [0, 0.05) is 12.7 Å². The monoisotopic (exact) mass is 274 g/mol. The molecule has 0 aromatic heterocycles. The Morgan fingerprint density at radius 3 is 2.35 bits per heavy atom. The van der Waals surface area contributed by atoms with Gasteiger partial charge in [0.1, 0.15) is 11.3 Å². The van der Waals surface area contributed by atoms with Crippen molar-refractivity contribution in [2.24, 2.45) is 0 Å². The summed E-state index contributed by atoms with van der Waals surface area (Å²) in [7, 11) is 3.58. The van der Waals surface area contributed by atoms with E-state index in [4.69, 9.17) is 4.74 Å². The predicted molar refractivity (Wildman–Crippen MR) is 78.9 cm³/mol. The van der Waals surface area contributed by atoms with Gasteiger partial charge in [0.25, 0.3) is 0 Å². The van der Waals surface area contributed by atoms with Gasteiger partial charge in [-0.1, -0.05) is 19.3 Å². The molecule has 4 nitrogen and oxygen atoms in total. The number of amides is 1. The third-order valence-electron chi connectivity index (χ3n) is 4.68. The second kappa shape index (κ2) is 5.00. The van der Waals surface area contributed by atoms with Crippen molar-refractivity contribution in [3.63, 3.8) is 0 Å². The molecule has 2 aliphatic rings. The van der Waals surface area contributed by atoms with Crippen LogP contribution in [0.5, 0.6) is 5.75 Å². The number of methoxy groups -OCH3 is 1. The molecule has 0 atom stereocenters. The fraction of sp³-hybridized carbons (Fsp3) is 0.562. The SMILES string of the molecule is COc1ccc(N2CN(C)C(=O)C23CCCCC3)cc1. The molecule has 0 bridgehead atoms. The molecule has 2 fully saturated rings. The van der Waals surface area contributed by atoms with Crippen molar-refractivity contribution in [2.45, 2.75) is 37.6 Å². The van der Waals surface area contributed by atoms with Gasteiger partial charge in [-0.25, -0.2) is 0 Å². The molecule has 0 N–H and O–H groups in total. The molecule has 4 heteroatoms. The molecule has 1 aliphatic heterocycles. The summed E-state index contributed by atoms with van der Waals surface area (Å²) in [4.78, 5) is 16.8. The van der Waals surface area contributed by atoms with E-state index in [-0.39, 0.29) is 11.4 Å². The molecule has 1 heterocycles. The van der Waals surface area contributed by atoms with Crippen molar-refractivity contribution < 1.29 is 9.53 Å². The second-order valence-corrected chi connectivity index (χ2v) is 5.86. The highest BCUT2D eigenvalue weighted by Crippen LogP contribution is 2.41. The molecule has 0 radical (unpaired) electrons. The third kappa shape index (κ3) is 1.94. The fourth-order valence-corrected chi connectivity index (χ4v) is 3.59. The van der Waals surface area contributed by atoms with Crippen molar-refractivity contribution >= 4 is 11.6 Å². The molecule has 108 valence electrons. The highest BCUT2D eigenvalue weighted by molar-refractivity contribution is 5.93. The number of rotatable bonds is 2. The van der Waals surface area contributed by atoms with Crippen LogP contribution in [-0.4, -0.2) is 37.2 Å². The van der Waals surface area contributed by atoms with E-state index >= 15 is 0 Å². The van der Waals surface area contributed by atoms with Gasteiger partial charge in [0.2, 0.25) is 5.91 Å². The molecule has 1 aromatic rings. The van der Waals surface area contributed by atoms with Gasteiger partial charge in [-0.15, -0.1) is 0 Å². The number of anilines is 1. The molecular formula is C16H22N2O2. The van der Waals surface area contributed by atoms with Crippen LogP contribution in [0.1, 0.15) is 32.1 Å². The van der Waals surface area contributed by atoms with E-state index in [2.05, 4.69) is 17.0 Å². The van der Waals surface area contributed by atoms with Gasteiger partial charge in [-0.2, -0.15) is 0 Å². The van der Waals surface area contributed by atoms with Crippen LogP contribution in [0.2, 0.25) is 0 Å². The van der Waals surface area contributed by atoms with E-state index in [0.717, 1.165) is 37.1 Å². The van der Waals surface area contributed by atoms with Crippen LogP contribution >= 0.6 is 0 Å². The zero-order valence-electron chi connectivity index (χ0n) is 12.3. The van der Waals surface area contributed by atoms with Crippen LogP contribution in [0.4, 0.5) is 5.69 Å². The molecule has 1 saturated carbocycles. The standard InChI is InChI=1S/C16H22N2O2/c1-17-12-18(13-6-8-14(20-2)9-7-13)16(15(17)19)10-4-3-5-11-16/h6-9H,3-5,10-12H2,1-2H3. The number of likely N-dealkylation sites (N-methyl/N-ethyl adjacent to an activating group) is 1. The molecule has 20 heavy (non-hydrogen) atoms. The summed E-state index contributed by atoms with van der Waals surface area (Å²) >= 11 is 0. The van der Waals surface area contributed by atoms with E-state index in [9.17, 15) is 4.79 Å². The van der Waals surface area contributed by atoms with Gasteiger partial charge in [0.15, 0.2) is 0 Å². The molecule has 1 saturated heterocycles. The number of benzene rings is 1. The van der Waals surface area contributed by atoms with Crippen molar-refractivity contribution in [1.29, 1.82) is 0 Å². The Kier molecular flexibility index (Phi) is 3.32. The Hall–Kier alpha value is -1.71. The topological polar surface area (TPSA) is 32.8 Å². The summed E-state index contributed by atoms with van der Waals surface area (Å²) in [6.45, 7) is 0.686. The lowest BCUT2D eigenvalue weighted by Crippen LogP contribution is -2.50. The van der Waals surface area contributed by atoms with Crippen LogP contribution in [-0.2, 0) is 4.79 Å². The maximum Gasteiger partial charge on any atom is 0.249 e. The zero-order chi connectivity index (χ0) is 14.2. The normalized spacial score (nSPS) is 21.6. The largest absolute Gasteiger partial charge is 0.497 e. The lowest BCUT2D eigenvalue weighted by molar-refractivity contribution is -0.132. The van der Waals surface area contributed by atoms with Gasteiger partial charge in [-0.05, 0) is 37.1 Å². The van der Waals surface area contributed by atoms with Crippen LogP contribution in [0.15, 0.2) is 24.3 Å². The Morgan fingerprint density at radius 1 is 1.10 bits per heavy atom. The highest BCUT2D eigenvalue weighted by atomic mass is 16.5. The minimum absolute atomic E-state index is 0.285. The van der Waals surface area contributed by atoms with E-state index in [1.165, 1.54) is 6.42 Å². The summed E-state index contributed by atoms with van der Waals surface area (Å²) in [5, 5.41) is 0. The van der Waals surface area contributed by atoms with Gasteiger partial charge >= 0.3 is 0 Å². The Morgan fingerprint density at radius 2 is 1.75 bits per heavy atom. The summed E-state index contributed by atoms with van der Waals surface area (Å²) in [5.74, 6) is 1.14. The molecule has 1 aliphatic carbocycles. The predicted octanol–water partition coefficient (Wildman–Crippen LogP) is 2.63. The Labute approximate surface area is 120 Å². The maximum atomic E-state index is 12.6. The van der Waals surface area contributed by atoms with Crippen molar-refractivity contribution in [3.05, 3.63) is 24.3 Å². The fourth-order valence-electron chi connectivity index (χ4n) is 3.59. The summed E-state index contributed by atoms with van der Waals surface area (Å²) < 4.78 is 5.22. The number of carbonyl (C=O) groups excluding carboxylic acids is 1. The molecule has 0 unspecified atom stereocenters. The first-order valence-corrected chi connectivity index (χ1v) is 7.35. The lowest BCUT2D eigenvalue weighted by atomic mass is 9.80. The van der Waals surface area contributed by atoms with Crippen LogP contribution in [0.25, 0.3) is 0 Å². The van der Waals surface area contributed by atoms with E-state index < -0.39 is 0 Å². The number of nitrogens with zero attached hydrogens (tertiary/aromatic N) is 2. The van der Waals surface area contributed by atoms with Gasteiger partial charge < -0.3 is 14.5 Å². The second-order valence-electron chi connectivity index (χ2n) is 5.86. The van der Waals surface area contributed by atoms with Crippen LogP contribution in [0.3, 0.4) is 0 Å². The zero-order valence-corrected chi connectivity index (χ0v) is 12.3. The molecule has 1 aromatic carbocycles. The first-order chi connectivity index (χ1) is 9.67. The minimum Gasteiger partial charge on any atom is -0.497 e. The number of ether oxygens (including phenoxy) is 1. The average molecular weight is 274 g/mol. The van der Waals surface area contributed by atoms with Crippen molar-refractivity contribution in [1.82, 2.24) is 4.90 Å². The highest BCUT2D eigenvalue weighted by Gasteiger charge is 2.51. The third-order valence-corrected chi connectivity index (χ3v) is 4.68. The van der Waals surface area contributed by atoms with E-state index in [1.54, 1.807) is 7.11 Å². The molecule has 1 spiro atoms. The molecule has 1 amide bonds. The maximum absolute atomic E-state index is 12.6. The van der Waals surface area contributed by atoms with Crippen LogP contribution in [0, 0.1) is 0 Å². The summed E-state index contributed by atoms with van der Waals surface area (Å²) in [6, 6.07) is 8.05. The molecule has 3 rings (SSSR count). The van der Waals surface area contributed by atoms with Crippen LogP contribution < -0.4 is 9.64 Å². The Balaban J connectivity index is 1.95. The smallest absolute Gasteiger partial charge is 0.249 e. The lowest BCUT2D eigenvalue weighted by Gasteiger charge is -2.39. The van der Waals surface area contributed by atoms with E-state index in [1.807, 2.05) is 24.1 Å². The Bertz CT molecular complexity index is 492. The number of carbonyl (C=O) groups is 1. The van der Waals surface area contributed by atoms with Crippen molar-refractivity contribution in [2.75, 3.05) is 25.7 Å². The van der Waals surface area contributed by atoms with E-state index in [0.29, 0.717) is 6.67 Å². The number of hydrogen-bond donors (Lipinski definition) is 0. The quantitative estimate of drug-likeness (QED) is 0.831. The first-order valence-electron chi connectivity index (χ1n) is 7.35. The van der Waals surface area contributed by atoms with Crippen molar-refractivity contribution in [3.8, 4) is 5.75 Å². The summed E-state index contributed by atoms with van der Waals surface area (Å²) in [5.41, 5.74) is 0.812. The minimum atomic E-state index is -0.304. The summed E-state index contributed by atoms with van der Waals surface area (Å²) in [6.07, 6.45) is 5.48.